The molecule has 1 aromatic heterocycles. The van der Waals surface area contributed by atoms with E-state index in [1.165, 1.54) is 66.0 Å². The van der Waals surface area contributed by atoms with Gasteiger partial charge in [0, 0.05) is 33.4 Å². The molecular weight excluding hydrogens is 725 g/mol. The quantitative estimate of drug-likeness (QED) is 0.150. The molecule has 0 amide bonds. The molecule has 2 nitrogen and oxygen atoms in total. The number of benzene rings is 10. The lowest BCUT2D eigenvalue weighted by molar-refractivity contribution is 1.18. The van der Waals surface area contributed by atoms with Crippen LogP contribution in [-0.2, 0) is 0 Å². The Balaban J connectivity index is 1.15. The predicted molar refractivity (Wildman–Crippen MR) is 255 cm³/mol. The fourth-order valence-corrected chi connectivity index (χ4v) is 8.90. The molecule has 0 bridgehead atoms. The van der Waals surface area contributed by atoms with E-state index >= 15 is 0 Å². The summed E-state index contributed by atoms with van der Waals surface area (Å²) in [5.41, 5.74) is 16.2. The first kappa shape index (κ1) is 35.2. The minimum atomic E-state index is 1.08. The van der Waals surface area contributed by atoms with Crippen molar-refractivity contribution in [2.45, 2.75) is 0 Å². The summed E-state index contributed by atoms with van der Waals surface area (Å²) < 4.78 is 2.40. The molecule has 11 rings (SSSR count). The minimum Gasteiger partial charge on any atom is -0.310 e. The largest absolute Gasteiger partial charge is 0.310 e. The molecule has 60 heavy (non-hydrogen) atoms. The molecule has 0 unspecified atom stereocenters. The Kier molecular flexibility index (Phi) is 8.87. The van der Waals surface area contributed by atoms with Crippen LogP contribution in [0.2, 0.25) is 0 Å². The first-order chi connectivity index (χ1) is 29.8. The molecule has 282 valence electrons. The number of hydrogen-bond acceptors (Lipinski definition) is 1. The summed E-state index contributed by atoms with van der Waals surface area (Å²) in [5, 5.41) is 4.91. The Morgan fingerprint density at radius 2 is 0.833 bits per heavy atom. The number of fused-ring (bicyclic) bond motifs is 4. The van der Waals surface area contributed by atoms with Crippen LogP contribution in [0.15, 0.2) is 243 Å². The Morgan fingerprint density at radius 1 is 0.283 bits per heavy atom. The summed E-state index contributed by atoms with van der Waals surface area (Å²) in [6.45, 7) is 0. The zero-order valence-electron chi connectivity index (χ0n) is 33.0. The van der Waals surface area contributed by atoms with Crippen LogP contribution < -0.4 is 4.90 Å². The van der Waals surface area contributed by atoms with Crippen molar-refractivity contribution in [2.75, 3.05) is 4.90 Å². The van der Waals surface area contributed by atoms with Crippen LogP contribution in [0.3, 0.4) is 0 Å². The number of hydrogen-bond donors (Lipinski definition) is 0. The summed E-state index contributed by atoms with van der Waals surface area (Å²) in [6, 6.07) is 88.0. The second-order valence-corrected chi connectivity index (χ2v) is 15.3. The molecule has 0 spiro atoms. The van der Waals surface area contributed by atoms with Crippen molar-refractivity contribution in [3.8, 4) is 50.2 Å². The Labute approximate surface area is 350 Å². The topological polar surface area (TPSA) is 8.17 Å². The van der Waals surface area contributed by atoms with Gasteiger partial charge in [-0.05, 0) is 104 Å². The molecular formula is C58H40N2. The van der Waals surface area contributed by atoms with E-state index in [2.05, 4.69) is 252 Å². The van der Waals surface area contributed by atoms with Crippen molar-refractivity contribution in [1.82, 2.24) is 4.57 Å². The molecule has 2 heteroatoms. The monoisotopic (exact) mass is 764 g/mol. The highest BCUT2D eigenvalue weighted by atomic mass is 15.1. The van der Waals surface area contributed by atoms with Gasteiger partial charge in [0.2, 0.25) is 0 Å². The van der Waals surface area contributed by atoms with Crippen molar-refractivity contribution in [3.05, 3.63) is 243 Å². The van der Waals surface area contributed by atoms with Gasteiger partial charge in [0.1, 0.15) is 0 Å². The lowest BCUT2D eigenvalue weighted by atomic mass is 9.92. The van der Waals surface area contributed by atoms with Crippen LogP contribution in [0.5, 0.6) is 0 Å². The third-order valence-electron chi connectivity index (χ3n) is 11.8. The summed E-state index contributed by atoms with van der Waals surface area (Å²) >= 11 is 0. The third-order valence-corrected chi connectivity index (χ3v) is 11.8. The van der Waals surface area contributed by atoms with Gasteiger partial charge in [0.25, 0.3) is 0 Å². The van der Waals surface area contributed by atoms with Crippen molar-refractivity contribution in [3.63, 3.8) is 0 Å². The van der Waals surface area contributed by atoms with E-state index < -0.39 is 0 Å². The van der Waals surface area contributed by atoms with Crippen LogP contribution >= 0.6 is 0 Å². The Bertz CT molecular complexity index is 3290. The number of anilines is 3. The molecule has 0 radical (unpaired) electrons. The molecule has 0 saturated carbocycles. The zero-order chi connectivity index (χ0) is 39.8. The van der Waals surface area contributed by atoms with Crippen LogP contribution in [0.4, 0.5) is 17.1 Å². The molecule has 11 aromatic rings. The predicted octanol–water partition coefficient (Wildman–Crippen LogP) is 16.1. The van der Waals surface area contributed by atoms with E-state index in [1.54, 1.807) is 0 Å². The second-order valence-electron chi connectivity index (χ2n) is 15.3. The number of rotatable bonds is 8. The van der Waals surface area contributed by atoms with Gasteiger partial charge in [-0.1, -0.05) is 188 Å². The molecule has 0 aliphatic carbocycles. The Morgan fingerprint density at radius 3 is 1.63 bits per heavy atom. The molecule has 0 aliphatic rings. The third kappa shape index (κ3) is 6.32. The molecule has 0 N–H and O–H groups in total. The van der Waals surface area contributed by atoms with E-state index in [0.717, 1.165) is 33.8 Å². The van der Waals surface area contributed by atoms with Gasteiger partial charge in [-0.15, -0.1) is 0 Å². The van der Waals surface area contributed by atoms with Crippen molar-refractivity contribution >= 4 is 49.6 Å². The highest BCUT2D eigenvalue weighted by Crippen LogP contribution is 2.46. The summed E-state index contributed by atoms with van der Waals surface area (Å²) in [6.07, 6.45) is 0. The highest BCUT2D eigenvalue weighted by molar-refractivity contribution is 6.10. The SMILES string of the molecule is c1ccc(-c2ccc(-c3ccc(N(c4ccc5c6ccccc6n(-c6ccccc6)c5c4)c4ccccc4-c4ccc5ccccc5c4)cc3-c3ccccc3)cc2)cc1. The van der Waals surface area contributed by atoms with E-state index in [4.69, 9.17) is 0 Å². The van der Waals surface area contributed by atoms with Crippen molar-refractivity contribution in [1.29, 1.82) is 0 Å². The van der Waals surface area contributed by atoms with E-state index in [0.29, 0.717) is 0 Å². The lowest BCUT2D eigenvalue weighted by Crippen LogP contribution is -2.12. The molecule has 0 saturated heterocycles. The number of nitrogens with zero attached hydrogens (tertiary/aromatic N) is 2. The molecule has 10 aromatic carbocycles. The van der Waals surface area contributed by atoms with Gasteiger partial charge in [0.15, 0.2) is 0 Å². The van der Waals surface area contributed by atoms with Crippen molar-refractivity contribution in [2.24, 2.45) is 0 Å². The van der Waals surface area contributed by atoms with Gasteiger partial charge in [-0.3, -0.25) is 0 Å². The fraction of sp³-hybridized carbons (Fsp3) is 0. The van der Waals surface area contributed by atoms with Crippen molar-refractivity contribution < 1.29 is 0 Å². The maximum absolute atomic E-state index is 2.45. The van der Waals surface area contributed by atoms with Gasteiger partial charge in [-0.25, -0.2) is 0 Å². The molecule has 0 aliphatic heterocycles. The van der Waals surface area contributed by atoms with E-state index in [-0.39, 0.29) is 0 Å². The van der Waals surface area contributed by atoms with Crippen LogP contribution in [0.25, 0.3) is 82.8 Å². The summed E-state index contributed by atoms with van der Waals surface area (Å²) in [7, 11) is 0. The van der Waals surface area contributed by atoms with Crippen LogP contribution in [-0.4, -0.2) is 4.57 Å². The minimum absolute atomic E-state index is 1.08. The van der Waals surface area contributed by atoms with E-state index in [9.17, 15) is 0 Å². The number of aromatic nitrogens is 1. The second kappa shape index (κ2) is 15.1. The first-order valence-corrected chi connectivity index (χ1v) is 20.6. The zero-order valence-corrected chi connectivity index (χ0v) is 33.0. The van der Waals surface area contributed by atoms with Crippen LogP contribution in [0, 0.1) is 0 Å². The maximum Gasteiger partial charge on any atom is 0.0561 e. The molecule has 1 heterocycles. The van der Waals surface area contributed by atoms with Gasteiger partial charge < -0.3 is 9.47 Å². The first-order valence-electron chi connectivity index (χ1n) is 20.6. The maximum atomic E-state index is 2.45. The molecule has 0 fully saturated rings. The van der Waals surface area contributed by atoms with Gasteiger partial charge in [0.05, 0.1) is 16.7 Å². The summed E-state index contributed by atoms with van der Waals surface area (Å²) in [5.74, 6) is 0. The Hall–Kier alpha value is -7.94. The molecule has 0 atom stereocenters. The average molecular weight is 765 g/mol. The fourth-order valence-electron chi connectivity index (χ4n) is 8.90. The standard InChI is InChI=1S/C58H40N2/c1-4-16-41(17-5-1)43-28-31-45(32-29-43)51-36-34-49(39-55(51)44-19-6-2-7-20-44)59(56-26-14-12-24-52(56)47-33-30-42-18-10-11-21-46(42)38-47)50-35-37-54-53-25-13-15-27-57(53)60(58(54)40-50)48-22-8-3-9-23-48/h1-40H. The van der Waals surface area contributed by atoms with Gasteiger partial charge in [-0.2, -0.15) is 0 Å². The van der Waals surface area contributed by atoms with E-state index in [1.807, 2.05) is 0 Å². The van der Waals surface area contributed by atoms with Crippen LogP contribution in [0.1, 0.15) is 0 Å². The average Bonchev–Trinajstić information content (AvgIpc) is 3.66. The highest BCUT2D eigenvalue weighted by Gasteiger charge is 2.22. The van der Waals surface area contributed by atoms with Gasteiger partial charge >= 0.3 is 0 Å². The smallest absolute Gasteiger partial charge is 0.0561 e. The lowest BCUT2D eigenvalue weighted by Gasteiger charge is -2.29. The normalized spacial score (nSPS) is 11.3. The number of para-hydroxylation sites is 3. The summed E-state index contributed by atoms with van der Waals surface area (Å²) in [4.78, 5) is 2.45.